The van der Waals surface area contributed by atoms with Crippen LogP contribution in [0.2, 0.25) is 0 Å². The van der Waals surface area contributed by atoms with Crippen molar-refractivity contribution < 1.29 is 28.9 Å². The van der Waals surface area contributed by atoms with Crippen LogP contribution in [0.15, 0.2) is 48.5 Å². The van der Waals surface area contributed by atoms with Crippen LogP contribution in [0.1, 0.15) is 25.7 Å². The first-order chi connectivity index (χ1) is 16.3. The summed E-state index contributed by atoms with van der Waals surface area (Å²) in [6.45, 7) is -0.531. The van der Waals surface area contributed by atoms with Crippen LogP contribution in [0.3, 0.4) is 0 Å². The predicted octanol–water partition coefficient (Wildman–Crippen LogP) is 2.50. The Morgan fingerprint density at radius 3 is 1.41 bits per heavy atom. The van der Waals surface area contributed by atoms with Crippen LogP contribution in [0.4, 0.5) is 11.4 Å². The van der Waals surface area contributed by atoms with Crippen LogP contribution < -0.4 is 20.1 Å². The first-order valence-electron chi connectivity index (χ1n) is 10.6. The number of nitro benzene ring substituents is 2. The van der Waals surface area contributed by atoms with E-state index in [9.17, 15) is 29.8 Å². The minimum Gasteiger partial charge on any atom is -0.484 e. The van der Waals surface area contributed by atoms with Gasteiger partial charge in [0.2, 0.25) is 0 Å². The van der Waals surface area contributed by atoms with E-state index in [0.717, 1.165) is 12.8 Å². The second kappa shape index (κ2) is 11.6. The van der Waals surface area contributed by atoms with Gasteiger partial charge in [-0.2, -0.15) is 0 Å². The molecule has 2 N–H and O–H groups in total. The van der Waals surface area contributed by atoms with Crippen molar-refractivity contribution >= 4 is 23.2 Å². The molecule has 1 fully saturated rings. The number of rotatable bonds is 10. The molecule has 3 rings (SSSR count). The molecule has 1 aliphatic carbocycles. The molecule has 2 amide bonds. The molecule has 2 atom stereocenters. The summed E-state index contributed by atoms with van der Waals surface area (Å²) in [6.07, 6.45) is 3.19. The number of carbonyl (C=O) groups excluding carboxylic acids is 2. The first kappa shape index (κ1) is 24.4. The molecule has 2 aromatic carbocycles. The number of hydrogen-bond donors (Lipinski definition) is 2. The molecule has 12 heteroatoms. The molecule has 0 aliphatic heterocycles. The van der Waals surface area contributed by atoms with Gasteiger partial charge in [-0.15, -0.1) is 0 Å². The zero-order valence-electron chi connectivity index (χ0n) is 18.2. The summed E-state index contributed by atoms with van der Waals surface area (Å²) in [5.74, 6) is -0.0754. The fourth-order valence-corrected chi connectivity index (χ4v) is 3.60. The van der Waals surface area contributed by atoms with Gasteiger partial charge in [0, 0.05) is 36.3 Å². The summed E-state index contributed by atoms with van der Waals surface area (Å²) >= 11 is 0. The molecule has 34 heavy (non-hydrogen) atoms. The lowest BCUT2D eigenvalue weighted by atomic mass is 9.90. The van der Waals surface area contributed by atoms with E-state index in [1.54, 1.807) is 0 Å². The van der Waals surface area contributed by atoms with Gasteiger partial charge in [-0.05, 0) is 37.1 Å². The highest BCUT2D eigenvalue weighted by atomic mass is 16.6. The van der Waals surface area contributed by atoms with Crippen molar-refractivity contribution in [1.29, 1.82) is 0 Å². The van der Waals surface area contributed by atoms with Crippen molar-refractivity contribution in [2.45, 2.75) is 37.8 Å². The third-order valence-electron chi connectivity index (χ3n) is 5.29. The van der Waals surface area contributed by atoms with Crippen molar-refractivity contribution in [3.63, 3.8) is 0 Å². The normalized spacial score (nSPS) is 17.3. The maximum absolute atomic E-state index is 12.3. The maximum atomic E-state index is 12.3. The topological polar surface area (TPSA) is 163 Å². The Morgan fingerprint density at radius 1 is 0.735 bits per heavy atom. The van der Waals surface area contributed by atoms with Gasteiger partial charge in [0.15, 0.2) is 13.2 Å². The number of nitrogens with zero attached hydrogens (tertiary/aromatic N) is 2. The Hall–Kier alpha value is -4.22. The van der Waals surface area contributed by atoms with Crippen molar-refractivity contribution in [2.24, 2.45) is 0 Å². The molecule has 1 aliphatic rings. The van der Waals surface area contributed by atoms with Crippen LogP contribution >= 0.6 is 0 Å². The molecule has 0 unspecified atom stereocenters. The van der Waals surface area contributed by atoms with Crippen molar-refractivity contribution in [3.05, 3.63) is 68.8 Å². The van der Waals surface area contributed by atoms with Gasteiger partial charge < -0.3 is 20.1 Å². The van der Waals surface area contributed by atoms with E-state index in [1.807, 2.05) is 0 Å². The second-order valence-electron chi connectivity index (χ2n) is 7.71. The van der Waals surface area contributed by atoms with Gasteiger partial charge in [0.25, 0.3) is 23.2 Å². The van der Waals surface area contributed by atoms with Crippen LogP contribution in [0.25, 0.3) is 0 Å². The van der Waals surface area contributed by atoms with Crippen LogP contribution in [-0.2, 0) is 9.59 Å². The van der Waals surface area contributed by atoms with Gasteiger partial charge in [-0.1, -0.05) is 12.8 Å². The molecule has 0 spiro atoms. The van der Waals surface area contributed by atoms with Crippen molar-refractivity contribution in [1.82, 2.24) is 10.6 Å². The summed E-state index contributed by atoms with van der Waals surface area (Å²) in [7, 11) is 0. The van der Waals surface area contributed by atoms with Crippen LogP contribution in [0.5, 0.6) is 11.5 Å². The molecule has 0 radical (unpaired) electrons. The molecule has 12 nitrogen and oxygen atoms in total. The lowest BCUT2D eigenvalue weighted by molar-refractivity contribution is -0.385. The maximum Gasteiger partial charge on any atom is 0.269 e. The highest BCUT2D eigenvalue weighted by Crippen LogP contribution is 2.20. The first-order valence-corrected chi connectivity index (χ1v) is 10.6. The Kier molecular flexibility index (Phi) is 8.32. The molecule has 180 valence electrons. The predicted molar refractivity (Wildman–Crippen MR) is 120 cm³/mol. The lowest BCUT2D eigenvalue weighted by Gasteiger charge is -2.32. The number of nitrogens with one attached hydrogen (secondary N) is 2. The van der Waals surface area contributed by atoms with Gasteiger partial charge in [0.05, 0.1) is 9.85 Å². The largest absolute Gasteiger partial charge is 0.484 e. The molecule has 0 heterocycles. The fourth-order valence-electron chi connectivity index (χ4n) is 3.60. The Balaban J connectivity index is 1.45. The smallest absolute Gasteiger partial charge is 0.269 e. The van der Waals surface area contributed by atoms with E-state index < -0.39 is 9.85 Å². The van der Waals surface area contributed by atoms with E-state index in [-0.39, 0.29) is 48.5 Å². The van der Waals surface area contributed by atoms with E-state index in [0.29, 0.717) is 24.3 Å². The summed E-state index contributed by atoms with van der Waals surface area (Å²) < 4.78 is 10.8. The average Bonchev–Trinajstić information content (AvgIpc) is 2.83. The van der Waals surface area contributed by atoms with E-state index in [4.69, 9.17) is 9.47 Å². The van der Waals surface area contributed by atoms with Crippen LogP contribution in [-0.4, -0.2) is 47.0 Å². The molecule has 1 saturated carbocycles. The molecular formula is C22H24N4O8. The minimum absolute atomic E-state index is 0.0739. The summed E-state index contributed by atoms with van der Waals surface area (Å²) in [6, 6.07) is 10.3. The number of carbonyl (C=O) groups is 2. The van der Waals surface area contributed by atoms with E-state index in [1.165, 1.54) is 48.5 Å². The zero-order valence-corrected chi connectivity index (χ0v) is 18.2. The Labute approximate surface area is 194 Å². The highest BCUT2D eigenvalue weighted by Gasteiger charge is 2.28. The molecule has 0 aromatic heterocycles. The number of hydrogen-bond acceptors (Lipinski definition) is 8. The van der Waals surface area contributed by atoms with Gasteiger partial charge in [-0.3, -0.25) is 29.8 Å². The SMILES string of the molecule is O=C(COc1ccc([N+](=O)[O-])cc1)N[C@H]1CCCC[C@@H]1NC(=O)COc1ccc([N+](=O)[O-])cc1. The fraction of sp³-hybridized carbons (Fsp3) is 0.364. The zero-order chi connectivity index (χ0) is 24.5. The summed E-state index contributed by atoms with van der Waals surface area (Å²) in [4.78, 5) is 45.0. The minimum atomic E-state index is -0.523. The third kappa shape index (κ3) is 7.15. The number of non-ortho nitro benzene ring substituents is 2. The number of benzene rings is 2. The van der Waals surface area contributed by atoms with Crippen molar-refractivity contribution in [3.8, 4) is 11.5 Å². The molecule has 0 saturated heterocycles. The quantitative estimate of drug-likeness (QED) is 0.393. The molecule has 2 aromatic rings. The summed E-state index contributed by atoms with van der Waals surface area (Å²) in [5, 5.41) is 27.1. The van der Waals surface area contributed by atoms with Crippen LogP contribution in [0, 0.1) is 20.2 Å². The monoisotopic (exact) mass is 472 g/mol. The average molecular weight is 472 g/mol. The van der Waals surface area contributed by atoms with E-state index >= 15 is 0 Å². The summed E-state index contributed by atoms with van der Waals surface area (Å²) in [5.41, 5.74) is -0.148. The lowest BCUT2D eigenvalue weighted by Crippen LogP contribution is -2.54. The molecular weight excluding hydrogens is 448 g/mol. The number of amides is 2. The van der Waals surface area contributed by atoms with Crippen molar-refractivity contribution in [2.75, 3.05) is 13.2 Å². The van der Waals surface area contributed by atoms with Gasteiger partial charge in [-0.25, -0.2) is 0 Å². The Bertz CT molecular complexity index is 943. The second-order valence-corrected chi connectivity index (χ2v) is 7.71. The Morgan fingerprint density at radius 2 is 1.09 bits per heavy atom. The highest BCUT2D eigenvalue weighted by molar-refractivity contribution is 5.79. The standard InChI is InChI=1S/C22H24N4O8/c27-21(13-33-17-9-5-15(6-10-17)25(29)30)23-19-3-1-2-4-20(19)24-22(28)14-34-18-11-7-16(8-12-18)26(31)32/h5-12,19-20H,1-4,13-14H2,(H,23,27)(H,24,28)/t19-,20-/m0/s1. The number of nitro groups is 2. The van der Waals surface area contributed by atoms with Gasteiger partial charge >= 0.3 is 0 Å². The van der Waals surface area contributed by atoms with Gasteiger partial charge in [0.1, 0.15) is 11.5 Å². The van der Waals surface area contributed by atoms with E-state index in [2.05, 4.69) is 10.6 Å². The number of ether oxygens (including phenoxy) is 2. The third-order valence-corrected chi connectivity index (χ3v) is 5.29. The molecule has 0 bridgehead atoms.